The Hall–Kier alpha value is -3.99. The van der Waals surface area contributed by atoms with Crippen molar-refractivity contribution in [3.05, 3.63) is 70.7 Å². The molecule has 1 saturated carbocycles. The quantitative estimate of drug-likeness (QED) is 0.210. The Morgan fingerprint density at radius 1 is 1.09 bits per heavy atom. The van der Waals surface area contributed by atoms with Gasteiger partial charge in [0, 0.05) is 58.7 Å². The molecule has 3 N–H and O–H groups in total. The number of phenolic OH excluding ortho intramolecular Hbond substituents is 1. The number of carbonyl (C=O) groups is 1. The van der Waals surface area contributed by atoms with E-state index in [0.717, 1.165) is 5.56 Å². The maximum atomic E-state index is 13.0. The molecule has 1 fully saturated rings. The number of rotatable bonds is 11. The first-order valence-corrected chi connectivity index (χ1v) is 14.1. The van der Waals surface area contributed by atoms with Gasteiger partial charge in [0.15, 0.2) is 0 Å². The zero-order chi connectivity index (χ0) is 31.1. The Kier molecular flexibility index (Phi) is 8.22. The topological polar surface area (TPSA) is 100 Å². The molecule has 230 valence electrons. The van der Waals surface area contributed by atoms with Crippen LogP contribution in [0.25, 0.3) is 0 Å². The van der Waals surface area contributed by atoms with Crippen molar-refractivity contribution in [1.29, 1.82) is 0 Å². The van der Waals surface area contributed by atoms with Gasteiger partial charge in [0.2, 0.25) is 0 Å². The normalized spacial score (nSPS) is 18.5. The highest BCUT2D eigenvalue weighted by molar-refractivity contribution is 6.30. The molecule has 0 amide bonds. The van der Waals surface area contributed by atoms with E-state index in [1.807, 2.05) is 18.7 Å². The van der Waals surface area contributed by atoms with Crippen molar-refractivity contribution in [2.24, 2.45) is 11.8 Å². The fraction of sp³-hybridized carbons (Fsp3) is 0.387. The Balaban J connectivity index is 1.49. The van der Waals surface area contributed by atoms with Gasteiger partial charge in [0.1, 0.15) is 23.0 Å². The molecule has 0 saturated heterocycles. The highest BCUT2D eigenvalue weighted by Crippen LogP contribution is 2.46. The van der Waals surface area contributed by atoms with Crippen molar-refractivity contribution >= 4 is 28.9 Å². The molecule has 2 aliphatic rings. The molecule has 3 unspecified atom stereocenters. The van der Waals surface area contributed by atoms with Crippen LogP contribution >= 0.6 is 11.6 Å². The molecule has 0 aromatic heterocycles. The summed E-state index contributed by atoms with van der Waals surface area (Å²) < 4.78 is 54.7. The van der Waals surface area contributed by atoms with Crippen LogP contribution in [0, 0.1) is 11.8 Å². The van der Waals surface area contributed by atoms with E-state index >= 15 is 0 Å². The summed E-state index contributed by atoms with van der Waals surface area (Å²) in [6.07, 6.45) is -3.66. The zero-order valence-electron chi connectivity index (χ0n) is 23.7. The average molecular weight is 621 g/mol. The number of anilines is 2. The smallest absolute Gasteiger partial charge is 0.508 e. The van der Waals surface area contributed by atoms with Gasteiger partial charge in [0.05, 0.1) is 31.2 Å². The highest BCUT2D eigenvalue weighted by atomic mass is 35.5. The number of phenols is 1. The second-order valence-electron chi connectivity index (χ2n) is 11.3. The van der Waals surface area contributed by atoms with E-state index in [1.165, 1.54) is 25.3 Å². The molecule has 3 atom stereocenters. The van der Waals surface area contributed by atoms with Gasteiger partial charge in [-0.25, -0.2) is 0 Å². The molecule has 0 radical (unpaired) electrons. The summed E-state index contributed by atoms with van der Waals surface area (Å²) in [5.41, 5.74) is 1.73. The lowest BCUT2D eigenvalue weighted by molar-refractivity contribution is -0.274. The molecule has 5 rings (SSSR count). The molecule has 0 bridgehead atoms. The van der Waals surface area contributed by atoms with E-state index in [9.17, 15) is 28.2 Å². The van der Waals surface area contributed by atoms with E-state index in [1.54, 1.807) is 36.4 Å². The first-order valence-electron chi connectivity index (χ1n) is 13.7. The zero-order valence-corrected chi connectivity index (χ0v) is 24.5. The van der Waals surface area contributed by atoms with Gasteiger partial charge in [-0.1, -0.05) is 23.7 Å². The first kappa shape index (κ1) is 30.5. The third-order valence-electron chi connectivity index (χ3n) is 8.02. The summed E-state index contributed by atoms with van der Waals surface area (Å²) in [4.78, 5) is 13.2. The number of aliphatic carboxylic acids is 1. The summed E-state index contributed by atoms with van der Waals surface area (Å²) in [6.45, 7) is 4.62. The number of aromatic hydroxyl groups is 1. The number of methoxy groups -OCH3 is 1. The maximum absolute atomic E-state index is 13.0. The predicted molar refractivity (Wildman–Crippen MR) is 155 cm³/mol. The van der Waals surface area contributed by atoms with Crippen molar-refractivity contribution in [3.8, 4) is 23.0 Å². The minimum absolute atomic E-state index is 0.0560. The van der Waals surface area contributed by atoms with E-state index < -0.39 is 29.8 Å². The Labute approximate surface area is 251 Å². The van der Waals surface area contributed by atoms with Crippen molar-refractivity contribution in [2.45, 2.75) is 44.6 Å². The summed E-state index contributed by atoms with van der Waals surface area (Å²) >= 11 is 6.15. The number of carboxylic acids is 1. The van der Waals surface area contributed by atoms with Crippen molar-refractivity contribution in [1.82, 2.24) is 0 Å². The van der Waals surface area contributed by atoms with Crippen molar-refractivity contribution in [3.63, 3.8) is 0 Å². The molecular formula is C31H32ClF3N2O6. The summed E-state index contributed by atoms with van der Waals surface area (Å²) in [7, 11) is 1.51. The third kappa shape index (κ3) is 6.82. The number of hydrogen-bond acceptors (Lipinski definition) is 7. The number of halogens is 4. The maximum Gasteiger partial charge on any atom is 0.573 e. The van der Waals surface area contributed by atoms with Gasteiger partial charge in [-0.15, -0.1) is 13.2 Å². The molecule has 0 spiro atoms. The molecule has 8 nitrogen and oxygen atoms in total. The fourth-order valence-electron chi connectivity index (χ4n) is 5.67. The molecular weight excluding hydrogens is 589 g/mol. The van der Waals surface area contributed by atoms with E-state index in [0.29, 0.717) is 52.8 Å². The minimum Gasteiger partial charge on any atom is -0.508 e. The van der Waals surface area contributed by atoms with Gasteiger partial charge in [-0.2, -0.15) is 0 Å². The number of carboxylic acid groups (broad SMARTS) is 1. The largest absolute Gasteiger partial charge is 0.573 e. The van der Waals surface area contributed by atoms with Crippen LogP contribution < -0.4 is 24.4 Å². The van der Waals surface area contributed by atoms with Crippen molar-refractivity contribution < 1.29 is 42.4 Å². The SMILES string of the molecule is COc1cc(NC(c2ccc(Cl)cc2O)C(C)(C)N2CCc3ccc(OC(F)(F)F)cc32)cc(OCC2CC2C(=O)O)c1. The predicted octanol–water partition coefficient (Wildman–Crippen LogP) is 7.05. The molecule has 43 heavy (non-hydrogen) atoms. The van der Waals surface area contributed by atoms with E-state index in [2.05, 4.69) is 10.1 Å². The van der Waals surface area contributed by atoms with Crippen molar-refractivity contribution in [2.75, 3.05) is 30.5 Å². The fourth-order valence-corrected chi connectivity index (χ4v) is 5.83. The highest BCUT2D eigenvalue weighted by Gasteiger charge is 2.44. The van der Waals surface area contributed by atoms with Crippen LogP contribution in [0.15, 0.2) is 54.6 Å². The lowest BCUT2D eigenvalue weighted by Gasteiger charge is -2.45. The number of hydrogen-bond donors (Lipinski definition) is 3. The van der Waals surface area contributed by atoms with E-state index in [-0.39, 0.29) is 24.0 Å². The number of fused-ring (bicyclic) bond motifs is 1. The molecule has 1 aliphatic heterocycles. The molecule has 12 heteroatoms. The number of nitrogens with one attached hydrogen (secondary N) is 1. The lowest BCUT2D eigenvalue weighted by Crippen LogP contribution is -2.50. The van der Waals surface area contributed by atoms with Crippen LogP contribution in [0.5, 0.6) is 23.0 Å². The third-order valence-corrected chi connectivity index (χ3v) is 8.26. The van der Waals surface area contributed by atoms with Crippen LogP contribution in [0.2, 0.25) is 5.02 Å². The Morgan fingerprint density at radius 2 is 1.84 bits per heavy atom. The summed E-state index contributed by atoms with van der Waals surface area (Å²) in [6, 6.07) is 13.7. The van der Waals surface area contributed by atoms with Gasteiger partial charge in [-0.3, -0.25) is 4.79 Å². The minimum atomic E-state index is -4.83. The monoisotopic (exact) mass is 620 g/mol. The van der Waals surface area contributed by atoms with Crippen LogP contribution in [0.3, 0.4) is 0 Å². The Bertz CT molecular complexity index is 1520. The molecule has 3 aromatic carbocycles. The molecule has 3 aromatic rings. The van der Waals surface area contributed by atoms with Crippen LogP contribution in [-0.4, -0.2) is 48.3 Å². The summed E-state index contributed by atoms with van der Waals surface area (Å²) in [5, 5.41) is 24.1. The summed E-state index contributed by atoms with van der Waals surface area (Å²) in [5.74, 6) is -0.735. The van der Waals surface area contributed by atoms with Crippen LogP contribution in [0.4, 0.5) is 24.5 Å². The lowest BCUT2D eigenvalue weighted by atomic mass is 9.85. The Morgan fingerprint density at radius 3 is 2.49 bits per heavy atom. The standard InChI is InChI=1S/C31H32ClF3N2O6/c1-30(2,37-9-8-17-4-6-21(15-26(17)37)43-31(33,34)35)28(24-7-5-19(32)11-27(24)38)36-20-12-22(41-3)14-23(13-20)42-16-18-10-25(18)29(39)40/h4-7,11-15,18,25,28,36,38H,8-10,16H2,1-3H3,(H,39,40). The number of benzene rings is 3. The molecule has 1 aliphatic carbocycles. The van der Waals surface area contributed by atoms with Gasteiger partial charge in [-0.05, 0) is 50.5 Å². The number of ether oxygens (including phenoxy) is 3. The van der Waals surface area contributed by atoms with Crippen LogP contribution in [0.1, 0.15) is 37.4 Å². The molecule has 1 heterocycles. The van der Waals surface area contributed by atoms with E-state index in [4.69, 9.17) is 21.1 Å². The average Bonchev–Trinajstić information content (AvgIpc) is 3.59. The van der Waals surface area contributed by atoms with Gasteiger partial charge in [0.25, 0.3) is 0 Å². The second kappa shape index (κ2) is 11.6. The van der Waals surface area contributed by atoms with Gasteiger partial charge < -0.3 is 34.6 Å². The van der Waals surface area contributed by atoms with Gasteiger partial charge >= 0.3 is 12.3 Å². The number of alkyl halides is 3. The number of nitrogens with zero attached hydrogens (tertiary/aromatic N) is 1. The second-order valence-corrected chi connectivity index (χ2v) is 11.8. The first-order chi connectivity index (χ1) is 20.2. The van der Waals surface area contributed by atoms with Crippen LogP contribution in [-0.2, 0) is 11.2 Å².